The number of alkyl carbamates (subject to hydrolysis) is 1. The number of ether oxygens (including phenoxy) is 3. The van der Waals surface area contributed by atoms with Gasteiger partial charge in [-0.2, -0.15) is 0 Å². The van der Waals surface area contributed by atoms with Gasteiger partial charge in [-0.05, 0) is 73.7 Å². The molecule has 2 atom stereocenters. The predicted molar refractivity (Wildman–Crippen MR) is 152 cm³/mol. The Bertz CT molecular complexity index is 1380. The molecule has 2 N–H and O–H groups in total. The van der Waals surface area contributed by atoms with Gasteiger partial charge in [0.05, 0.1) is 17.6 Å². The van der Waals surface area contributed by atoms with E-state index in [0.29, 0.717) is 12.2 Å². The molecule has 41 heavy (non-hydrogen) atoms. The maximum Gasteiger partial charge on any atom is 0.410 e. The minimum atomic E-state index is -1.02. The second-order valence-electron chi connectivity index (χ2n) is 11.3. The zero-order chi connectivity index (χ0) is 29.1. The second-order valence-corrected chi connectivity index (χ2v) is 11.3. The van der Waals surface area contributed by atoms with Crippen molar-refractivity contribution in [2.45, 2.75) is 50.8 Å². The molecule has 1 fully saturated rings. The third kappa shape index (κ3) is 6.45. The van der Waals surface area contributed by atoms with Crippen LogP contribution in [0.25, 0.3) is 11.1 Å². The summed E-state index contributed by atoms with van der Waals surface area (Å²) >= 11 is 0. The fraction of sp³-hybridized carbons (Fsp3) is 0.344. The molecule has 2 amide bonds. The van der Waals surface area contributed by atoms with E-state index in [-0.39, 0.29) is 43.3 Å². The van der Waals surface area contributed by atoms with Crippen LogP contribution < -0.4 is 10.1 Å². The van der Waals surface area contributed by atoms with E-state index in [0.717, 1.165) is 22.3 Å². The molecule has 3 aromatic carbocycles. The Balaban J connectivity index is 1.21. The van der Waals surface area contributed by atoms with Gasteiger partial charge in [-0.25, -0.2) is 14.4 Å². The largest absolute Gasteiger partial charge is 0.491 e. The van der Waals surface area contributed by atoms with E-state index in [1.54, 1.807) is 37.8 Å². The number of amides is 2. The quantitative estimate of drug-likeness (QED) is 0.383. The molecule has 1 heterocycles. The van der Waals surface area contributed by atoms with Crippen LogP contribution in [-0.4, -0.2) is 65.6 Å². The molecule has 0 bridgehead atoms. The number of hydrogen-bond acceptors (Lipinski definition) is 6. The molecule has 0 saturated carbocycles. The highest BCUT2D eigenvalue weighted by Crippen LogP contribution is 2.44. The van der Waals surface area contributed by atoms with Crippen molar-refractivity contribution in [2.75, 3.05) is 19.8 Å². The van der Waals surface area contributed by atoms with Crippen molar-refractivity contribution in [2.24, 2.45) is 0 Å². The van der Waals surface area contributed by atoms with Gasteiger partial charge in [-0.3, -0.25) is 4.90 Å². The molecule has 9 heteroatoms. The minimum absolute atomic E-state index is 0.0522. The summed E-state index contributed by atoms with van der Waals surface area (Å²) in [4.78, 5) is 38.6. The molecule has 0 unspecified atom stereocenters. The first-order valence-electron chi connectivity index (χ1n) is 13.7. The summed E-state index contributed by atoms with van der Waals surface area (Å²) in [6, 6.07) is 21.6. The van der Waals surface area contributed by atoms with Crippen molar-refractivity contribution in [3.05, 3.63) is 89.5 Å². The van der Waals surface area contributed by atoms with Crippen molar-refractivity contribution >= 4 is 18.2 Å². The molecule has 0 spiro atoms. The molecule has 0 aromatic heterocycles. The van der Waals surface area contributed by atoms with Crippen LogP contribution in [-0.2, 0) is 9.47 Å². The molecule has 9 nitrogen and oxygen atoms in total. The van der Waals surface area contributed by atoms with Crippen LogP contribution >= 0.6 is 0 Å². The molecule has 1 aliphatic carbocycles. The van der Waals surface area contributed by atoms with Gasteiger partial charge in [-0.1, -0.05) is 48.5 Å². The maximum atomic E-state index is 13.0. The Labute approximate surface area is 239 Å². The highest BCUT2D eigenvalue weighted by Gasteiger charge is 2.39. The standard InChI is InChI=1S/C32H34N2O7/c1-32(2,3)41-31(38)34-17-21(16-22(34)18-39-23-14-12-20(13-15-23)29(35)36)33-30(37)40-19-28-26-10-6-4-8-24(26)25-9-5-7-11-27(25)28/h4-15,21-22,28H,16-19H2,1-3H3,(H,33,37)(H,35,36)/t21-,22+/m1/s1. The van der Waals surface area contributed by atoms with Crippen molar-refractivity contribution in [3.8, 4) is 16.9 Å². The molecule has 1 aliphatic heterocycles. The van der Waals surface area contributed by atoms with Crippen LogP contribution in [0.15, 0.2) is 72.8 Å². The minimum Gasteiger partial charge on any atom is -0.491 e. The Morgan fingerprint density at radius 3 is 2.10 bits per heavy atom. The Hall–Kier alpha value is -4.53. The predicted octanol–water partition coefficient (Wildman–Crippen LogP) is 5.68. The monoisotopic (exact) mass is 558 g/mol. The van der Waals surface area contributed by atoms with E-state index >= 15 is 0 Å². The van der Waals surface area contributed by atoms with Crippen molar-refractivity contribution in [3.63, 3.8) is 0 Å². The summed E-state index contributed by atoms with van der Waals surface area (Å²) in [5.74, 6) is -0.596. The van der Waals surface area contributed by atoms with Crippen molar-refractivity contribution in [1.82, 2.24) is 10.2 Å². The van der Waals surface area contributed by atoms with Gasteiger partial charge < -0.3 is 24.6 Å². The molecule has 3 aromatic rings. The second kappa shape index (κ2) is 11.5. The van der Waals surface area contributed by atoms with E-state index in [1.165, 1.54) is 12.1 Å². The summed E-state index contributed by atoms with van der Waals surface area (Å²) in [5, 5.41) is 12.0. The van der Waals surface area contributed by atoms with Gasteiger partial charge >= 0.3 is 18.2 Å². The van der Waals surface area contributed by atoms with Gasteiger partial charge in [-0.15, -0.1) is 0 Å². The summed E-state index contributed by atoms with van der Waals surface area (Å²) in [6.07, 6.45) is -0.604. The summed E-state index contributed by atoms with van der Waals surface area (Å²) < 4.78 is 17.2. The van der Waals surface area contributed by atoms with Gasteiger partial charge in [0.25, 0.3) is 0 Å². The number of nitrogens with zero attached hydrogens (tertiary/aromatic N) is 1. The van der Waals surface area contributed by atoms with Crippen LogP contribution in [0.4, 0.5) is 9.59 Å². The van der Waals surface area contributed by atoms with Crippen molar-refractivity contribution in [1.29, 1.82) is 0 Å². The van der Waals surface area contributed by atoms with Gasteiger partial charge in [0, 0.05) is 12.5 Å². The first kappa shape index (κ1) is 28.0. The van der Waals surface area contributed by atoms with Crippen LogP contribution in [0.2, 0.25) is 0 Å². The average Bonchev–Trinajstić information content (AvgIpc) is 3.49. The maximum absolute atomic E-state index is 13.0. The van der Waals surface area contributed by atoms with Crippen LogP contribution in [0.1, 0.15) is 54.6 Å². The summed E-state index contributed by atoms with van der Waals surface area (Å²) in [5.41, 5.74) is 4.04. The molecule has 0 radical (unpaired) electrons. The molecule has 214 valence electrons. The lowest BCUT2D eigenvalue weighted by molar-refractivity contribution is 0.0184. The molecule has 2 aliphatic rings. The van der Waals surface area contributed by atoms with E-state index in [9.17, 15) is 14.4 Å². The smallest absolute Gasteiger partial charge is 0.410 e. The third-order valence-electron chi connectivity index (χ3n) is 7.25. The Kier molecular flexibility index (Phi) is 7.88. The fourth-order valence-corrected chi connectivity index (χ4v) is 5.42. The third-order valence-corrected chi connectivity index (χ3v) is 7.25. The lowest BCUT2D eigenvalue weighted by Crippen LogP contribution is -2.43. The van der Waals surface area contributed by atoms with E-state index in [1.807, 2.05) is 24.3 Å². The van der Waals surface area contributed by atoms with Crippen LogP contribution in [0.5, 0.6) is 5.75 Å². The number of carbonyl (C=O) groups excluding carboxylic acids is 2. The molecular weight excluding hydrogens is 524 g/mol. The van der Waals surface area contributed by atoms with Crippen LogP contribution in [0.3, 0.4) is 0 Å². The highest BCUT2D eigenvalue weighted by atomic mass is 16.6. The number of rotatable bonds is 7. The summed E-state index contributed by atoms with van der Waals surface area (Å²) in [7, 11) is 0. The number of benzene rings is 3. The Morgan fingerprint density at radius 2 is 1.51 bits per heavy atom. The van der Waals surface area contributed by atoms with Crippen molar-refractivity contribution < 1.29 is 33.7 Å². The fourth-order valence-electron chi connectivity index (χ4n) is 5.42. The Morgan fingerprint density at radius 1 is 0.902 bits per heavy atom. The number of carboxylic acids is 1. The zero-order valence-electron chi connectivity index (χ0n) is 23.3. The molecule has 1 saturated heterocycles. The lowest BCUT2D eigenvalue weighted by atomic mass is 9.98. The van der Waals surface area contributed by atoms with Gasteiger partial charge in [0.1, 0.15) is 24.6 Å². The topological polar surface area (TPSA) is 114 Å². The number of nitrogens with one attached hydrogen (secondary N) is 1. The number of carbonyl (C=O) groups is 3. The van der Waals surface area contributed by atoms with E-state index in [4.69, 9.17) is 19.3 Å². The normalized spacial score (nSPS) is 17.9. The SMILES string of the molecule is CC(C)(C)OC(=O)N1C[C@H](NC(=O)OCC2c3ccccc3-c3ccccc32)C[C@H]1COc1ccc(C(=O)O)cc1. The lowest BCUT2D eigenvalue weighted by Gasteiger charge is -2.28. The first-order chi connectivity index (χ1) is 19.6. The molecule has 5 rings (SSSR count). The number of aromatic carboxylic acids is 1. The highest BCUT2D eigenvalue weighted by molar-refractivity contribution is 5.87. The zero-order valence-corrected chi connectivity index (χ0v) is 23.3. The summed E-state index contributed by atoms with van der Waals surface area (Å²) in [6.45, 7) is 5.97. The number of fused-ring (bicyclic) bond motifs is 3. The van der Waals surface area contributed by atoms with Gasteiger partial charge in [0.2, 0.25) is 0 Å². The van der Waals surface area contributed by atoms with E-state index in [2.05, 4.69) is 29.6 Å². The number of hydrogen-bond donors (Lipinski definition) is 2. The van der Waals surface area contributed by atoms with Gasteiger partial charge in [0.15, 0.2) is 0 Å². The number of likely N-dealkylation sites (tertiary alicyclic amines) is 1. The average molecular weight is 559 g/mol. The molecular formula is C32H34N2O7. The number of carboxylic acid groups (broad SMARTS) is 1. The van der Waals surface area contributed by atoms with Crippen LogP contribution in [0, 0.1) is 0 Å². The first-order valence-corrected chi connectivity index (χ1v) is 13.7. The van der Waals surface area contributed by atoms with E-state index < -0.39 is 23.8 Å².